The van der Waals surface area contributed by atoms with E-state index in [9.17, 15) is 13.6 Å². The molecule has 0 saturated heterocycles. The first-order chi connectivity index (χ1) is 9.03. The Morgan fingerprint density at radius 2 is 1.89 bits per heavy atom. The smallest absolute Gasteiger partial charge is 0.248 e. The standard InChI is InChI=1S/C13H16F2N2O2/c14-13(15)6-5-9(7-13)11-16-12(19-17-11)8-1-3-10(18)4-2-8/h8-9H,1-7H2. The molecule has 2 aliphatic rings. The molecule has 0 N–H and O–H groups in total. The highest BCUT2D eigenvalue weighted by Gasteiger charge is 2.42. The van der Waals surface area contributed by atoms with Gasteiger partial charge in [-0.3, -0.25) is 4.79 Å². The molecule has 2 aliphatic carbocycles. The molecule has 4 nitrogen and oxygen atoms in total. The van der Waals surface area contributed by atoms with Gasteiger partial charge in [-0.05, 0) is 19.3 Å². The average molecular weight is 270 g/mol. The van der Waals surface area contributed by atoms with E-state index >= 15 is 0 Å². The van der Waals surface area contributed by atoms with Crippen molar-refractivity contribution in [2.75, 3.05) is 0 Å². The molecule has 0 aliphatic heterocycles. The van der Waals surface area contributed by atoms with Crippen LogP contribution < -0.4 is 0 Å². The summed E-state index contributed by atoms with van der Waals surface area (Å²) in [7, 11) is 0. The van der Waals surface area contributed by atoms with Crippen LogP contribution in [0.15, 0.2) is 4.52 Å². The van der Waals surface area contributed by atoms with Gasteiger partial charge in [-0.1, -0.05) is 5.16 Å². The van der Waals surface area contributed by atoms with E-state index in [4.69, 9.17) is 4.52 Å². The summed E-state index contributed by atoms with van der Waals surface area (Å²) in [4.78, 5) is 15.5. The highest BCUT2D eigenvalue weighted by molar-refractivity contribution is 5.79. The van der Waals surface area contributed by atoms with Crippen LogP contribution >= 0.6 is 0 Å². The summed E-state index contributed by atoms with van der Waals surface area (Å²) in [5.74, 6) is -1.59. The third-order valence-corrected chi connectivity index (χ3v) is 4.12. The van der Waals surface area contributed by atoms with Crippen LogP contribution in [-0.4, -0.2) is 21.8 Å². The Hall–Kier alpha value is -1.33. The summed E-state index contributed by atoms with van der Waals surface area (Å²) >= 11 is 0. The minimum absolute atomic E-state index is 0.0977. The van der Waals surface area contributed by atoms with E-state index in [1.165, 1.54) is 0 Å². The van der Waals surface area contributed by atoms with Crippen molar-refractivity contribution in [1.29, 1.82) is 0 Å². The Morgan fingerprint density at radius 3 is 2.53 bits per heavy atom. The van der Waals surface area contributed by atoms with Gasteiger partial charge in [0.05, 0.1) is 0 Å². The van der Waals surface area contributed by atoms with E-state index in [0.29, 0.717) is 31.0 Å². The van der Waals surface area contributed by atoms with Crippen LogP contribution in [0, 0.1) is 0 Å². The number of rotatable bonds is 2. The number of ketones is 1. The zero-order valence-electron chi connectivity index (χ0n) is 10.6. The van der Waals surface area contributed by atoms with Gasteiger partial charge < -0.3 is 4.52 Å². The second kappa shape index (κ2) is 4.65. The highest BCUT2D eigenvalue weighted by atomic mass is 19.3. The van der Waals surface area contributed by atoms with E-state index in [2.05, 4.69) is 10.1 Å². The second-order valence-electron chi connectivity index (χ2n) is 5.60. The van der Waals surface area contributed by atoms with Crippen molar-refractivity contribution in [3.05, 3.63) is 11.7 Å². The zero-order chi connectivity index (χ0) is 13.5. The summed E-state index contributed by atoms with van der Waals surface area (Å²) in [6.45, 7) is 0. The Bertz CT molecular complexity index is 477. The third kappa shape index (κ3) is 2.67. The van der Waals surface area contributed by atoms with Gasteiger partial charge in [-0.2, -0.15) is 4.98 Å². The van der Waals surface area contributed by atoms with Crippen LogP contribution in [0.2, 0.25) is 0 Å². The fourth-order valence-corrected chi connectivity index (χ4v) is 2.94. The molecule has 0 aromatic carbocycles. The summed E-state index contributed by atoms with van der Waals surface area (Å²) in [6, 6.07) is 0. The zero-order valence-corrected chi connectivity index (χ0v) is 10.6. The molecule has 2 saturated carbocycles. The third-order valence-electron chi connectivity index (χ3n) is 4.12. The van der Waals surface area contributed by atoms with Gasteiger partial charge in [0.15, 0.2) is 5.82 Å². The monoisotopic (exact) mass is 270 g/mol. The lowest BCUT2D eigenvalue weighted by atomic mass is 9.88. The van der Waals surface area contributed by atoms with Crippen LogP contribution in [0.1, 0.15) is 68.5 Å². The van der Waals surface area contributed by atoms with Crippen molar-refractivity contribution in [3.8, 4) is 0 Å². The predicted octanol–water partition coefficient (Wildman–Crippen LogP) is 3.20. The van der Waals surface area contributed by atoms with Crippen molar-refractivity contribution in [3.63, 3.8) is 0 Å². The molecule has 0 radical (unpaired) electrons. The van der Waals surface area contributed by atoms with E-state index in [1.807, 2.05) is 0 Å². The molecule has 2 fully saturated rings. The Labute approximate surface area is 109 Å². The molecular weight excluding hydrogens is 254 g/mol. The van der Waals surface area contributed by atoms with Crippen LogP contribution in [-0.2, 0) is 4.79 Å². The molecule has 1 aromatic rings. The highest BCUT2D eigenvalue weighted by Crippen LogP contribution is 2.43. The number of carbonyl (C=O) groups excluding carboxylic acids is 1. The largest absolute Gasteiger partial charge is 0.339 e. The number of carbonyl (C=O) groups is 1. The van der Waals surface area contributed by atoms with Crippen molar-refractivity contribution in [2.24, 2.45) is 0 Å². The molecule has 0 amide bonds. The fourth-order valence-electron chi connectivity index (χ4n) is 2.94. The maximum absolute atomic E-state index is 13.2. The average Bonchev–Trinajstić information content (AvgIpc) is 2.96. The lowest BCUT2D eigenvalue weighted by Gasteiger charge is -2.16. The SMILES string of the molecule is O=C1CCC(c2nc(C3CCC(F)(F)C3)no2)CC1. The maximum Gasteiger partial charge on any atom is 0.248 e. The van der Waals surface area contributed by atoms with Gasteiger partial charge in [0.2, 0.25) is 11.8 Å². The Balaban J connectivity index is 1.68. The molecule has 3 rings (SSSR count). The minimum Gasteiger partial charge on any atom is -0.339 e. The predicted molar refractivity (Wildman–Crippen MR) is 62.1 cm³/mol. The summed E-state index contributed by atoms with van der Waals surface area (Å²) in [5.41, 5.74) is 0. The first-order valence-electron chi connectivity index (χ1n) is 6.76. The number of hydrogen-bond donors (Lipinski definition) is 0. The van der Waals surface area contributed by atoms with E-state index in [1.54, 1.807) is 0 Å². The maximum atomic E-state index is 13.2. The molecule has 1 atom stereocenters. The Kier molecular flexibility index (Phi) is 3.11. The van der Waals surface area contributed by atoms with Gasteiger partial charge in [0.25, 0.3) is 0 Å². The second-order valence-corrected chi connectivity index (χ2v) is 5.60. The van der Waals surface area contributed by atoms with Gasteiger partial charge in [0, 0.05) is 37.5 Å². The van der Waals surface area contributed by atoms with Crippen LogP contribution in [0.5, 0.6) is 0 Å². The summed E-state index contributed by atoms with van der Waals surface area (Å²) in [6.07, 6.45) is 2.67. The minimum atomic E-state index is -2.59. The molecular formula is C13H16F2N2O2. The number of hydrogen-bond acceptors (Lipinski definition) is 4. The first-order valence-corrected chi connectivity index (χ1v) is 6.76. The molecule has 0 spiro atoms. The number of halogens is 2. The van der Waals surface area contributed by atoms with Gasteiger partial charge in [0.1, 0.15) is 5.78 Å². The molecule has 1 aromatic heterocycles. The molecule has 6 heteroatoms. The van der Waals surface area contributed by atoms with Gasteiger partial charge >= 0.3 is 0 Å². The van der Waals surface area contributed by atoms with Gasteiger partial charge in [-0.15, -0.1) is 0 Å². The molecule has 0 bridgehead atoms. The quantitative estimate of drug-likeness (QED) is 0.828. The van der Waals surface area contributed by atoms with E-state index in [-0.39, 0.29) is 30.5 Å². The van der Waals surface area contributed by atoms with E-state index < -0.39 is 5.92 Å². The molecule has 104 valence electrons. The fraction of sp³-hybridized carbons (Fsp3) is 0.769. The van der Waals surface area contributed by atoms with Gasteiger partial charge in [-0.25, -0.2) is 8.78 Å². The van der Waals surface area contributed by atoms with Crippen molar-refractivity contribution in [1.82, 2.24) is 10.1 Å². The van der Waals surface area contributed by atoms with Crippen molar-refractivity contribution < 1.29 is 18.1 Å². The lowest BCUT2D eigenvalue weighted by molar-refractivity contribution is -0.120. The van der Waals surface area contributed by atoms with Crippen LogP contribution in [0.3, 0.4) is 0 Å². The number of Topliss-reactive ketones (excluding diaryl/α,β-unsaturated/α-hetero) is 1. The van der Waals surface area contributed by atoms with Crippen LogP contribution in [0.4, 0.5) is 8.78 Å². The summed E-state index contributed by atoms with van der Waals surface area (Å²) < 4.78 is 31.5. The normalized spacial score (nSPS) is 27.9. The van der Waals surface area contributed by atoms with Crippen LogP contribution in [0.25, 0.3) is 0 Å². The topological polar surface area (TPSA) is 56.0 Å². The Morgan fingerprint density at radius 1 is 1.16 bits per heavy atom. The molecule has 1 unspecified atom stereocenters. The van der Waals surface area contributed by atoms with Crippen molar-refractivity contribution in [2.45, 2.75) is 62.7 Å². The molecule has 19 heavy (non-hydrogen) atoms. The van der Waals surface area contributed by atoms with E-state index in [0.717, 1.165) is 12.8 Å². The molecule has 1 heterocycles. The number of aromatic nitrogens is 2. The summed E-state index contributed by atoms with van der Waals surface area (Å²) in [5, 5.41) is 3.85. The number of nitrogens with zero attached hydrogens (tertiary/aromatic N) is 2. The van der Waals surface area contributed by atoms with Crippen molar-refractivity contribution >= 4 is 5.78 Å². The lowest BCUT2D eigenvalue weighted by Crippen LogP contribution is -2.13. The first kappa shape index (κ1) is 12.7. The number of alkyl halides is 2.